The van der Waals surface area contributed by atoms with Crippen molar-refractivity contribution in [1.29, 1.82) is 0 Å². The molecule has 11 heteroatoms. The Labute approximate surface area is 181 Å². The van der Waals surface area contributed by atoms with Crippen LogP contribution in [0.2, 0.25) is 0 Å². The second-order valence-corrected chi connectivity index (χ2v) is 6.44. The lowest BCUT2D eigenvalue weighted by atomic mass is 10.1. The zero-order chi connectivity index (χ0) is 22.2. The van der Waals surface area contributed by atoms with Gasteiger partial charge >= 0.3 is 0 Å². The number of carbonyl (C=O) groups excluding carboxylic acids is 2. The highest BCUT2D eigenvalue weighted by Gasteiger charge is 2.15. The first kappa shape index (κ1) is 21.5. The number of furan rings is 1. The number of hydrogen-bond acceptors (Lipinski definition) is 7. The van der Waals surface area contributed by atoms with Crippen LogP contribution in [0.3, 0.4) is 0 Å². The van der Waals surface area contributed by atoms with Crippen molar-refractivity contribution in [2.45, 2.75) is 0 Å². The third-order valence-electron chi connectivity index (χ3n) is 3.83. The summed E-state index contributed by atoms with van der Waals surface area (Å²) in [6.45, 7) is -0.252. The molecule has 31 heavy (non-hydrogen) atoms. The molecule has 0 aliphatic carbocycles. The molecule has 0 radical (unpaired) electrons. The summed E-state index contributed by atoms with van der Waals surface area (Å²) in [5.74, 6) is -0.426. The van der Waals surface area contributed by atoms with Crippen LogP contribution in [0.4, 0.5) is 5.69 Å². The second-order valence-electron chi connectivity index (χ2n) is 6.03. The number of hydrazine groups is 1. The van der Waals surface area contributed by atoms with E-state index in [2.05, 4.69) is 16.2 Å². The van der Waals surface area contributed by atoms with Crippen LogP contribution in [-0.2, 0) is 4.79 Å². The molecular formula is C20H16N4O6S. The Morgan fingerprint density at radius 2 is 1.81 bits per heavy atom. The Morgan fingerprint density at radius 3 is 2.55 bits per heavy atom. The second kappa shape index (κ2) is 9.98. The van der Waals surface area contributed by atoms with E-state index in [4.69, 9.17) is 21.4 Å². The molecule has 1 heterocycles. The lowest BCUT2D eigenvalue weighted by molar-refractivity contribution is -0.384. The number of nitrogens with one attached hydrogen (secondary N) is 3. The molecule has 2 aromatic carbocycles. The fourth-order valence-corrected chi connectivity index (χ4v) is 2.56. The lowest BCUT2D eigenvalue weighted by Gasteiger charge is -2.10. The minimum Gasteiger partial charge on any atom is -0.484 e. The third-order valence-corrected chi connectivity index (χ3v) is 4.03. The van der Waals surface area contributed by atoms with Gasteiger partial charge in [0.15, 0.2) is 17.5 Å². The van der Waals surface area contributed by atoms with Crippen molar-refractivity contribution < 1.29 is 23.7 Å². The normalized spacial score (nSPS) is 10.1. The van der Waals surface area contributed by atoms with Crippen molar-refractivity contribution in [3.63, 3.8) is 0 Å². The van der Waals surface area contributed by atoms with Gasteiger partial charge in [0, 0.05) is 17.7 Å². The van der Waals surface area contributed by atoms with Crippen LogP contribution >= 0.6 is 12.2 Å². The molecule has 0 atom stereocenters. The van der Waals surface area contributed by atoms with Gasteiger partial charge in [0.2, 0.25) is 0 Å². The van der Waals surface area contributed by atoms with E-state index in [1.54, 1.807) is 30.3 Å². The first-order valence-corrected chi connectivity index (χ1v) is 9.26. The van der Waals surface area contributed by atoms with Gasteiger partial charge in [-0.1, -0.05) is 30.3 Å². The van der Waals surface area contributed by atoms with Gasteiger partial charge in [-0.25, -0.2) is 0 Å². The number of nitrogens with zero attached hydrogens (tertiary/aromatic N) is 1. The molecule has 0 unspecified atom stereocenters. The predicted octanol–water partition coefficient (Wildman–Crippen LogP) is 2.57. The monoisotopic (exact) mass is 440 g/mol. The smallest absolute Gasteiger partial charge is 0.293 e. The van der Waals surface area contributed by atoms with Crippen LogP contribution in [0, 0.1) is 10.1 Å². The van der Waals surface area contributed by atoms with Gasteiger partial charge in [-0.2, -0.15) is 0 Å². The number of nitro benzene ring substituents is 1. The minimum absolute atomic E-state index is 0.0654. The van der Waals surface area contributed by atoms with Gasteiger partial charge in [0.05, 0.1) is 4.92 Å². The Kier molecular flexibility index (Phi) is 6.91. The first-order chi connectivity index (χ1) is 14.9. The largest absolute Gasteiger partial charge is 0.484 e. The highest BCUT2D eigenvalue weighted by atomic mass is 32.1. The third kappa shape index (κ3) is 6.11. The van der Waals surface area contributed by atoms with Gasteiger partial charge < -0.3 is 9.15 Å². The van der Waals surface area contributed by atoms with E-state index in [-0.39, 0.29) is 28.9 Å². The van der Waals surface area contributed by atoms with Crippen LogP contribution in [0.5, 0.6) is 5.75 Å². The molecule has 2 amide bonds. The van der Waals surface area contributed by atoms with Gasteiger partial charge in [0.1, 0.15) is 11.5 Å². The summed E-state index contributed by atoms with van der Waals surface area (Å²) >= 11 is 4.96. The number of ether oxygens (including phenoxy) is 1. The van der Waals surface area contributed by atoms with Crippen molar-refractivity contribution in [1.82, 2.24) is 16.2 Å². The summed E-state index contributed by atoms with van der Waals surface area (Å²) in [6.07, 6.45) is 0. The van der Waals surface area contributed by atoms with Gasteiger partial charge in [-0.3, -0.25) is 35.9 Å². The number of non-ortho nitro benzene ring substituents is 1. The molecule has 0 aliphatic rings. The Morgan fingerprint density at radius 1 is 1.03 bits per heavy atom. The Balaban J connectivity index is 1.49. The number of rotatable bonds is 6. The Hall–Kier alpha value is -4.25. The van der Waals surface area contributed by atoms with Gasteiger partial charge in [0.25, 0.3) is 17.5 Å². The van der Waals surface area contributed by atoms with E-state index in [1.807, 2.05) is 6.07 Å². The molecule has 0 bridgehead atoms. The van der Waals surface area contributed by atoms with E-state index in [0.29, 0.717) is 11.3 Å². The van der Waals surface area contributed by atoms with Crippen molar-refractivity contribution in [3.8, 4) is 17.1 Å². The van der Waals surface area contributed by atoms with E-state index >= 15 is 0 Å². The lowest BCUT2D eigenvalue weighted by Crippen LogP contribution is -2.49. The number of amides is 2. The standard InChI is InChI=1S/C20H16N4O6S/c25-18(12-29-15-7-2-1-3-8-15)22-23-20(31)21-19(26)17-10-9-16(30-17)13-5-4-6-14(11-13)24(27)28/h1-11H,12H2,(H,22,25)(H2,21,23,26,31). The van der Waals surface area contributed by atoms with Gasteiger partial charge in [-0.05, 0) is 36.5 Å². The average molecular weight is 440 g/mol. The molecule has 0 saturated heterocycles. The van der Waals surface area contributed by atoms with Crippen LogP contribution in [0.15, 0.2) is 71.1 Å². The summed E-state index contributed by atoms with van der Waals surface area (Å²) in [4.78, 5) is 34.4. The van der Waals surface area contributed by atoms with Crippen LogP contribution in [-0.4, -0.2) is 28.5 Å². The molecule has 3 rings (SSSR count). The number of benzene rings is 2. The predicted molar refractivity (Wildman–Crippen MR) is 114 cm³/mol. The van der Waals surface area contributed by atoms with E-state index in [1.165, 1.54) is 30.3 Å². The highest BCUT2D eigenvalue weighted by molar-refractivity contribution is 7.80. The summed E-state index contributed by atoms with van der Waals surface area (Å²) in [7, 11) is 0. The van der Waals surface area contributed by atoms with Crippen molar-refractivity contribution in [2.75, 3.05) is 6.61 Å². The summed E-state index contributed by atoms with van der Waals surface area (Å²) in [5.41, 5.74) is 5.02. The molecule has 0 fully saturated rings. The van der Waals surface area contributed by atoms with Crippen molar-refractivity contribution in [3.05, 3.63) is 82.6 Å². The van der Waals surface area contributed by atoms with Crippen molar-refractivity contribution >= 4 is 34.8 Å². The zero-order valence-electron chi connectivity index (χ0n) is 15.9. The first-order valence-electron chi connectivity index (χ1n) is 8.85. The molecule has 0 saturated carbocycles. The number of para-hydroxylation sites is 1. The summed E-state index contributed by atoms with van der Waals surface area (Å²) in [5, 5.41) is 13.1. The molecule has 1 aromatic heterocycles. The minimum atomic E-state index is -0.663. The maximum absolute atomic E-state index is 12.3. The fourth-order valence-electron chi connectivity index (χ4n) is 2.41. The molecular weight excluding hydrogens is 424 g/mol. The number of hydrogen-bond donors (Lipinski definition) is 3. The molecule has 10 nitrogen and oxygen atoms in total. The number of thiocarbonyl (C=S) groups is 1. The summed E-state index contributed by atoms with van der Waals surface area (Å²) < 4.78 is 10.7. The highest BCUT2D eigenvalue weighted by Crippen LogP contribution is 2.25. The molecule has 0 spiro atoms. The number of nitro groups is 1. The Bertz CT molecular complexity index is 1120. The van der Waals surface area contributed by atoms with Crippen LogP contribution in [0.25, 0.3) is 11.3 Å². The maximum Gasteiger partial charge on any atom is 0.293 e. The molecule has 158 valence electrons. The average Bonchev–Trinajstić information content (AvgIpc) is 3.27. The van der Waals surface area contributed by atoms with Crippen molar-refractivity contribution in [2.24, 2.45) is 0 Å². The maximum atomic E-state index is 12.3. The van der Waals surface area contributed by atoms with E-state index in [0.717, 1.165) is 0 Å². The SMILES string of the molecule is O=C(COc1ccccc1)NNC(=S)NC(=O)c1ccc(-c2cccc([N+](=O)[O-])c2)o1. The number of carbonyl (C=O) groups is 2. The molecule has 3 aromatic rings. The van der Waals surface area contributed by atoms with Crippen LogP contribution in [0.1, 0.15) is 10.6 Å². The molecule has 0 aliphatic heterocycles. The quantitative estimate of drug-likeness (QED) is 0.302. The zero-order valence-corrected chi connectivity index (χ0v) is 16.7. The van der Waals surface area contributed by atoms with E-state index in [9.17, 15) is 19.7 Å². The fraction of sp³-hybridized carbons (Fsp3) is 0.0500. The van der Waals surface area contributed by atoms with E-state index < -0.39 is 16.7 Å². The molecule has 3 N–H and O–H groups in total. The van der Waals surface area contributed by atoms with Gasteiger partial charge in [-0.15, -0.1) is 0 Å². The summed E-state index contributed by atoms with van der Waals surface area (Å²) in [6, 6.07) is 17.5. The topological polar surface area (TPSA) is 136 Å². The van der Waals surface area contributed by atoms with Crippen LogP contribution < -0.4 is 20.9 Å².